The van der Waals surface area contributed by atoms with Crippen molar-refractivity contribution in [2.75, 3.05) is 24.6 Å². The van der Waals surface area contributed by atoms with Crippen LogP contribution in [0.3, 0.4) is 0 Å². The lowest BCUT2D eigenvalue weighted by atomic mass is 10.0. The maximum Gasteiger partial charge on any atom is 0.341 e. The fourth-order valence-corrected chi connectivity index (χ4v) is 2.61. The number of carbonyl (C=O) groups is 1. The van der Waals surface area contributed by atoms with Gasteiger partial charge in [-0.3, -0.25) is 4.98 Å². The van der Waals surface area contributed by atoms with Gasteiger partial charge in [-0.1, -0.05) is 6.07 Å². The molecule has 22 heavy (non-hydrogen) atoms. The Balaban J connectivity index is 2.83. The molecule has 0 aliphatic rings. The minimum Gasteiger partial charge on any atom is -0.462 e. The topological polar surface area (TPSA) is 42.4 Å². The van der Waals surface area contributed by atoms with E-state index in [1.54, 1.807) is 13.0 Å². The molecule has 0 saturated heterocycles. The van der Waals surface area contributed by atoms with Crippen molar-refractivity contribution in [1.82, 2.24) is 4.98 Å². The highest BCUT2D eigenvalue weighted by atomic mass is 19.1. The summed E-state index contributed by atoms with van der Waals surface area (Å²) >= 11 is 0. The van der Waals surface area contributed by atoms with E-state index in [4.69, 9.17) is 4.74 Å². The number of anilines is 1. The van der Waals surface area contributed by atoms with Crippen LogP contribution in [0.2, 0.25) is 0 Å². The molecule has 1 heterocycles. The SMILES string of the molecule is CCOC(=O)c1cnc2c(C)ccc(F)c2c1N(CC)CC. The number of nitrogens with zero attached hydrogens (tertiary/aromatic N) is 2. The first-order valence-corrected chi connectivity index (χ1v) is 7.54. The molecule has 0 spiro atoms. The van der Waals surface area contributed by atoms with E-state index in [-0.39, 0.29) is 12.4 Å². The summed E-state index contributed by atoms with van der Waals surface area (Å²) in [6.45, 7) is 9.16. The number of aromatic nitrogens is 1. The quantitative estimate of drug-likeness (QED) is 0.790. The highest BCUT2D eigenvalue weighted by Gasteiger charge is 2.22. The Labute approximate surface area is 129 Å². The van der Waals surface area contributed by atoms with Crippen LogP contribution in [-0.2, 0) is 4.74 Å². The summed E-state index contributed by atoms with van der Waals surface area (Å²) in [6, 6.07) is 3.11. The zero-order valence-electron chi connectivity index (χ0n) is 13.4. The molecule has 2 rings (SSSR count). The van der Waals surface area contributed by atoms with E-state index in [0.29, 0.717) is 35.2 Å². The van der Waals surface area contributed by atoms with Crippen molar-refractivity contribution >= 4 is 22.6 Å². The molecule has 0 radical (unpaired) electrons. The number of benzene rings is 1. The zero-order valence-corrected chi connectivity index (χ0v) is 13.4. The molecule has 0 saturated carbocycles. The van der Waals surface area contributed by atoms with Crippen LogP contribution in [0, 0.1) is 12.7 Å². The van der Waals surface area contributed by atoms with E-state index in [1.807, 2.05) is 25.7 Å². The first kappa shape index (κ1) is 16.2. The number of esters is 1. The van der Waals surface area contributed by atoms with Crippen LogP contribution in [0.1, 0.15) is 36.7 Å². The third-order valence-electron chi connectivity index (χ3n) is 3.72. The van der Waals surface area contributed by atoms with Gasteiger partial charge in [-0.05, 0) is 39.3 Å². The zero-order chi connectivity index (χ0) is 16.3. The Kier molecular flexibility index (Phi) is 4.96. The van der Waals surface area contributed by atoms with Crippen molar-refractivity contribution < 1.29 is 13.9 Å². The highest BCUT2D eigenvalue weighted by molar-refractivity contribution is 6.06. The smallest absolute Gasteiger partial charge is 0.341 e. The first-order valence-electron chi connectivity index (χ1n) is 7.54. The van der Waals surface area contributed by atoms with Crippen LogP contribution in [-0.4, -0.2) is 30.6 Å². The minimum absolute atomic E-state index is 0.269. The summed E-state index contributed by atoms with van der Waals surface area (Å²) in [5.74, 6) is -0.846. The second kappa shape index (κ2) is 6.73. The van der Waals surface area contributed by atoms with Crippen molar-refractivity contribution in [3.63, 3.8) is 0 Å². The molecule has 0 bridgehead atoms. The number of pyridine rings is 1. The predicted molar refractivity (Wildman–Crippen MR) is 86.0 cm³/mol. The third-order valence-corrected chi connectivity index (χ3v) is 3.72. The molecule has 0 unspecified atom stereocenters. The Morgan fingerprint density at radius 2 is 1.95 bits per heavy atom. The largest absolute Gasteiger partial charge is 0.462 e. The molecule has 5 heteroatoms. The summed E-state index contributed by atoms with van der Waals surface area (Å²) in [6.07, 6.45) is 1.49. The Morgan fingerprint density at radius 3 is 2.55 bits per heavy atom. The normalized spacial score (nSPS) is 10.8. The Hall–Kier alpha value is -2.17. The van der Waals surface area contributed by atoms with Gasteiger partial charge in [0.25, 0.3) is 0 Å². The van der Waals surface area contributed by atoms with Gasteiger partial charge >= 0.3 is 5.97 Å². The standard InChI is InChI=1S/C17H21FN2O2/c1-5-20(6-2)16-12(17(21)22-7-3)10-19-15-11(4)8-9-13(18)14(15)16/h8-10H,5-7H2,1-4H3. The molecule has 0 aliphatic heterocycles. The summed E-state index contributed by atoms with van der Waals surface area (Å²) in [5.41, 5.74) is 2.33. The summed E-state index contributed by atoms with van der Waals surface area (Å²) in [4.78, 5) is 18.5. The molecule has 2 aromatic rings. The van der Waals surface area contributed by atoms with Gasteiger partial charge in [0.05, 0.1) is 23.2 Å². The van der Waals surface area contributed by atoms with Crippen molar-refractivity contribution in [2.45, 2.75) is 27.7 Å². The fraction of sp³-hybridized carbons (Fsp3) is 0.412. The van der Waals surface area contributed by atoms with Crippen LogP contribution < -0.4 is 4.90 Å². The van der Waals surface area contributed by atoms with E-state index >= 15 is 0 Å². The number of ether oxygens (including phenoxy) is 1. The fourth-order valence-electron chi connectivity index (χ4n) is 2.61. The molecule has 1 aromatic carbocycles. The Morgan fingerprint density at radius 1 is 1.27 bits per heavy atom. The lowest BCUT2D eigenvalue weighted by molar-refractivity contribution is 0.0527. The lowest BCUT2D eigenvalue weighted by Crippen LogP contribution is -2.25. The van der Waals surface area contributed by atoms with Gasteiger partial charge in [0.2, 0.25) is 0 Å². The lowest BCUT2D eigenvalue weighted by Gasteiger charge is -2.25. The van der Waals surface area contributed by atoms with Crippen molar-refractivity contribution in [3.05, 3.63) is 35.3 Å². The number of rotatable bonds is 5. The average molecular weight is 304 g/mol. The molecule has 1 aromatic heterocycles. The second-order valence-corrected chi connectivity index (χ2v) is 5.00. The summed E-state index contributed by atoms with van der Waals surface area (Å²) in [7, 11) is 0. The van der Waals surface area contributed by atoms with Gasteiger partial charge in [0, 0.05) is 19.3 Å². The van der Waals surface area contributed by atoms with Crippen LogP contribution in [0.4, 0.5) is 10.1 Å². The molecule has 118 valence electrons. The van der Waals surface area contributed by atoms with Crippen LogP contribution >= 0.6 is 0 Å². The van der Waals surface area contributed by atoms with E-state index < -0.39 is 5.97 Å². The maximum atomic E-state index is 14.5. The molecule has 0 amide bonds. The van der Waals surface area contributed by atoms with Crippen molar-refractivity contribution in [2.24, 2.45) is 0 Å². The molecule has 0 N–H and O–H groups in total. The number of fused-ring (bicyclic) bond motifs is 1. The predicted octanol–water partition coefficient (Wildman–Crippen LogP) is 3.71. The van der Waals surface area contributed by atoms with Gasteiger partial charge in [-0.15, -0.1) is 0 Å². The highest BCUT2D eigenvalue weighted by Crippen LogP contribution is 2.33. The van der Waals surface area contributed by atoms with E-state index in [2.05, 4.69) is 4.98 Å². The molecule has 0 atom stereocenters. The van der Waals surface area contributed by atoms with Gasteiger partial charge in [-0.25, -0.2) is 9.18 Å². The van der Waals surface area contributed by atoms with Gasteiger partial charge < -0.3 is 9.64 Å². The maximum absolute atomic E-state index is 14.5. The minimum atomic E-state index is -0.472. The van der Waals surface area contributed by atoms with Crippen LogP contribution in [0.5, 0.6) is 0 Å². The van der Waals surface area contributed by atoms with Gasteiger partial charge in [0.1, 0.15) is 11.4 Å². The monoisotopic (exact) mass is 304 g/mol. The van der Waals surface area contributed by atoms with Crippen molar-refractivity contribution in [1.29, 1.82) is 0 Å². The number of hydrogen-bond acceptors (Lipinski definition) is 4. The van der Waals surface area contributed by atoms with Gasteiger partial charge in [-0.2, -0.15) is 0 Å². The third kappa shape index (κ3) is 2.75. The number of halogens is 1. The summed E-state index contributed by atoms with van der Waals surface area (Å²) < 4.78 is 19.6. The summed E-state index contributed by atoms with van der Waals surface area (Å²) in [5, 5.41) is 0.384. The average Bonchev–Trinajstić information content (AvgIpc) is 2.52. The van der Waals surface area contributed by atoms with Crippen molar-refractivity contribution in [3.8, 4) is 0 Å². The molecule has 0 fully saturated rings. The van der Waals surface area contributed by atoms with E-state index in [9.17, 15) is 9.18 Å². The Bertz CT molecular complexity index is 697. The van der Waals surface area contributed by atoms with Crippen LogP contribution in [0.15, 0.2) is 18.3 Å². The molecule has 0 aliphatic carbocycles. The second-order valence-electron chi connectivity index (χ2n) is 5.00. The molecular formula is C17H21FN2O2. The van der Waals surface area contributed by atoms with E-state index in [1.165, 1.54) is 12.3 Å². The van der Waals surface area contributed by atoms with Gasteiger partial charge in [0.15, 0.2) is 0 Å². The number of carbonyl (C=O) groups excluding carboxylic acids is 1. The molecule has 4 nitrogen and oxygen atoms in total. The van der Waals surface area contributed by atoms with Crippen LogP contribution in [0.25, 0.3) is 10.9 Å². The first-order chi connectivity index (χ1) is 10.5. The van der Waals surface area contributed by atoms with E-state index in [0.717, 1.165) is 5.56 Å². The number of hydrogen-bond donors (Lipinski definition) is 0. The molecular weight excluding hydrogens is 283 g/mol. The number of aryl methyl sites for hydroxylation is 1.